The minimum atomic E-state index is -0.308. The van der Waals surface area contributed by atoms with Crippen molar-refractivity contribution in [2.45, 2.75) is 33.1 Å². The van der Waals surface area contributed by atoms with Gasteiger partial charge in [-0.05, 0) is 54.7 Å². The Morgan fingerprint density at radius 2 is 1.21 bits per heavy atom. The van der Waals surface area contributed by atoms with Gasteiger partial charge < -0.3 is 10.6 Å². The second-order valence-electron chi connectivity index (χ2n) is 7.41. The third kappa shape index (κ3) is 8.02. The summed E-state index contributed by atoms with van der Waals surface area (Å²) < 4.78 is 26.4. The summed E-state index contributed by atoms with van der Waals surface area (Å²) in [4.78, 5) is 24.3. The summed E-state index contributed by atoms with van der Waals surface area (Å²) in [5.41, 5.74) is 1.57. The first-order valence-electron chi connectivity index (χ1n) is 9.89. The SMILES string of the molecule is CC(Cc1cccc(F)c1)C(=O)NCCCNC(=O)C(C)Cc1cccc(F)c1. The predicted molar refractivity (Wildman–Crippen MR) is 109 cm³/mol. The summed E-state index contributed by atoms with van der Waals surface area (Å²) in [6.07, 6.45) is 1.55. The van der Waals surface area contributed by atoms with Crippen LogP contribution in [0.1, 0.15) is 31.4 Å². The first-order chi connectivity index (χ1) is 13.8. The molecule has 6 heteroatoms. The molecule has 4 nitrogen and oxygen atoms in total. The topological polar surface area (TPSA) is 58.2 Å². The quantitative estimate of drug-likeness (QED) is 0.596. The van der Waals surface area contributed by atoms with Crippen molar-refractivity contribution in [1.82, 2.24) is 10.6 Å². The van der Waals surface area contributed by atoms with Gasteiger partial charge in [0.15, 0.2) is 0 Å². The maximum atomic E-state index is 13.2. The van der Waals surface area contributed by atoms with Crippen LogP contribution in [0.15, 0.2) is 48.5 Å². The van der Waals surface area contributed by atoms with Crippen molar-refractivity contribution < 1.29 is 18.4 Å². The molecule has 0 heterocycles. The van der Waals surface area contributed by atoms with Crippen LogP contribution in [0.4, 0.5) is 8.78 Å². The fourth-order valence-electron chi connectivity index (χ4n) is 3.08. The van der Waals surface area contributed by atoms with Gasteiger partial charge in [0.05, 0.1) is 0 Å². The molecule has 2 atom stereocenters. The maximum absolute atomic E-state index is 13.2. The molecule has 2 N–H and O–H groups in total. The van der Waals surface area contributed by atoms with E-state index in [-0.39, 0.29) is 35.3 Å². The van der Waals surface area contributed by atoms with Crippen LogP contribution in [0.2, 0.25) is 0 Å². The lowest BCUT2D eigenvalue weighted by Crippen LogP contribution is -2.35. The van der Waals surface area contributed by atoms with Gasteiger partial charge in [-0.25, -0.2) is 8.78 Å². The van der Waals surface area contributed by atoms with Crippen LogP contribution < -0.4 is 10.6 Å². The summed E-state index contributed by atoms with van der Waals surface area (Å²) in [6.45, 7) is 4.50. The zero-order valence-electron chi connectivity index (χ0n) is 16.9. The molecular formula is C23H28F2N2O2. The number of carbonyl (C=O) groups is 2. The van der Waals surface area contributed by atoms with Gasteiger partial charge in [-0.1, -0.05) is 38.1 Å². The number of hydrogen-bond acceptors (Lipinski definition) is 2. The van der Waals surface area contributed by atoms with E-state index in [9.17, 15) is 18.4 Å². The third-order valence-electron chi connectivity index (χ3n) is 4.71. The van der Waals surface area contributed by atoms with Crippen LogP contribution in [0.5, 0.6) is 0 Å². The van der Waals surface area contributed by atoms with Gasteiger partial charge >= 0.3 is 0 Å². The highest BCUT2D eigenvalue weighted by atomic mass is 19.1. The van der Waals surface area contributed by atoms with Gasteiger partial charge in [-0.3, -0.25) is 9.59 Å². The summed E-state index contributed by atoms with van der Waals surface area (Å²) in [5.74, 6) is -1.34. The van der Waals surface area contributed by atoms with Crippen LogP contribution in [0.25, 0.3) is 0 Å². The average molecular weight is 402 g/mol. The molecule has 0 aliphatic carbocycles. The lowest BCUT2D eigenvalue weighted by molar-refractivity contribution is -0.124. The fraction of sp³-hybridized carbons (Fsp3) is 0.391. The number of halogens is 2. The highest BCUT2D eigenvalue weighted by molar-refractivity contribution is 5.79. The molecule has 2 aromatic rings. The number of benzene rings is 2. The van der Waals surface area contributed by atoms with E-state index in [0.29, 0.717) is 32.4 Å². The number of amides is 2. The minimum Gasteiger partial charge on any atom is -0.356 e. The van der Waals surface area contributed by atoms with Crippen molar-refractivity contribution in [1.29, 1.82) is 0 Å². The molecule has 0 saturated carbocycles. The summed E-state index contributed by atoms with van der Waals surface area (Å²) in [7, 11) is 0. The van der Waals surface area contributed by atoms with Crippen molar-refractivity contribution in [3.8, 4) is 0 Å². The maximum Gasteiger partial charge on any atom is 0.223 e. The number of nitrogens with one attached hydrogen (secondary N) is 2. The Morgan fingerprint density at radius 3 is 1.59 bits per heavy atom. The van der Waals surface area contributed by atoms with E-state index >= 15 is 0 Å². The highest BCUT2D eigenvalue weighted by Crippen LogP contribution is 2.11. The molecule has 0 aliphatic rings. The number of rotatable bonds is 10. The lowest BCUT2D eigenvalue weighted by atomic mass is 10.00. The Hall–Kier alpha value is -2.76. The van der Waals surface area contributed by atoms with Crippen LogP contribution in [-0.4, -0.2) is 24.9 Å². The normalized spacial score (nSPS) is 12.8. The van der Waals surface area contributed by atoms with Gasteiger partial charge in [0.25, 0.3) is 0 Å². The van der Waals surface area contributed by atoms with Crippen molar-refractivity contribution in [2.24, 2.45) is 11.8 Å². The van der Waals surface area contributed by atoms with Crippen LogP contribution in [0, 0.1) is 23.5 Å². The van der Waals surface area contributed by atoms with E-state index in [1.807, 2.05) is 0 Å². The molecule has 156 valence electrons. The Labute approximate surface area is 170 Å². The van der Waals surface area contributed by atoms with E-state index < -0.39 is 0 Å². The summed E-state index contributed by atoms with van der Waals surface area (Å²) >= 11 is 0. The fourth-order valence-corrected chi connectivity index (χ4v) is 3.08. The molecule has 0 saturated heterocycles. The van der Waals surface area contributed by atoms with Gasteiger partial charge in [0.1, 0.15) is 11.6 Å². The van der Waals surface area contributed by atoms with E-state index in [1.165, 1.54) is 24.3 Å². The third-order valence-corrected chi connectivity index (χ3v) is 4.71. The van der Waals surface area contributed by atoms with E-state index in [1.54, 1.807) is 38.1 Å². The molecule has 0 spiro atoms. The molecule has 0 aliphatic heterocycles. The molecular weight excluding hydrogens is 374 g/mol. The minimum absolute atomic E-state index is 0.0972. The summed E-state index contributed by atoms with van der Waals surface area (Å²) in [6, 6.07) is 12.5. The molecule has 2 unspecified atom stereocenters. The Morgan fingerprint density at radius 1 is 0.793 bits per heavy atom. The zero-order chi connectivity index (χ0) is 21.2. The second kappa shape index (κ2) is 11.3. The second-order valence-corrected chi connectivity index (χ2v) is 7.41. The van der Waals surface area contributed by atoms with Crippen molar-refractivity contribution in [2.75, 3.05) is 13.1 Å². The Kier molecular flexibility index (Phi) is 8.77. The molecule has 0 radical (unpaired) electrons. The van der Waals surface area contributed by atoms with E-state index in [2.05, 4.69) is 10.6 Å². The van der Waals surface area contributed by atoms with Crippen molar-refractivity contribution >= 4 is 11.8 Å². The first kappa shape index (κ1) is 22.5. The van der Waals surface area contributed by atoms with Crippen LogP contribution in [-0.2, 0) is 22.4 Å². The highest BCUT2D eigenvalue weighted by Gasteiger charge is 2.15. The Balaban J connectivity index is 1.62. The standard InChI is InChI=1S/C23H28F2N2O2/c1-16(12-18-6-3-8-20(24)14-18)22(28)26-10-5-11-27-23(29)17(2)13-19-7-4-9-21(25)15-19/h3-4,6-9,14-17H,5,10-13H2,1-2H3,(H,26,28)(H,27,29). The van der Waals surface area contributed by atoms with Crippen LogP contribution in [0.3, 0.4) is 0 Å². The van der Waals surface area contributed by atoms with E-state index in [0.717, 1.165) is 11.1 Å². The van der Waals surface area contributed by atoms with Crippen molar-refractivity contribution in [3.63, 3.8) is 0 Å². The average Bonchev–Trinajstić information content (AvgIpc) is 2.67. The number of carbonyl (C=O) groups excluding carboxylic acids is 2. The van der Waals surface area contributed by atoms with Crippen molar-refractivity contribution in [3.05, 3.63) is 71.3 Å². The molecule has 29 heavy (non-hydrogen) atoms. The molecule has 0 aromatic heterocycles. The van der Waals surface area contributed by atoms with Gasteiger partial charge in [0.2, 0.25) is 11.8 Å². The largest absolute Gasteiger partial charge is 0.356 e. The first-order valence-corrected chi connectivity index (χ1v) is 9.89. The molecule has 2 aromatic carbocycles. The Bertz CT molecular complexity index is 759. The lowest BCUT2D eigenvalue weighted by Gasteiger charge is -2.14. The van der Waals surface area contributed by atoms with Gasteiger partial charge in [0, 0.05) is 24.9 Å². The smallest absolute Gasteiger partial charge is 0.223 e. The predicted octanol–water partition coefficient (Wildman–Crippen LogP) is 3.64. The summed E-state index contributed by atoms with van der Waals surface area (Å²) in [5, 5.41) is 5.68. The zero-order valence-corrected chi connectivity index (χ0v) is 16.9. The van der Waals surface area contributed by atoms with Crippen LogP contribution >= 0.6 is 0 Å². The molecule has 2 amide bonds. The monoisotopic (exact) mass is 402 g/mol. The molecule has 2 rings (SSSR count). The number of hydrogen-bond donors (Lipinski definition) is 2. The van der Waals surface area contributed by atoms with E-state index in [4.69, 9.17) is 0 Å². The van der Waals surface area contributed by atoms with Gasteiger partial charge in [-0.2, -0.15) is 0 Å². The molecule has 0 bridgehead atoms. The molecule has 0 fully saturated rings. The van der Waals surface area contributed by atoms with Gasteiger partial charge in [-0.15, -0.1) is 0 Å².